The Hall–Kier alpha value is -3.97. The van der Waals surface area contributed by atoms with Crippen molar-refractivity contribution in [1.29, 1.82) is 0 Å². The second-order valence-electron chi connectivity index (χ2n) is 7.57. The zero-order valence-electron chi connectivity index (χ0n) is 17.6. The molecule has 0 fully saturated rings. The quantitative estimate of drug-likeness (QED) is 0.311. The first-order valence-corrected chi connectivity index (χ1v) is 10.8. The van der Waals surface area contributed by atoms with E-state index in [-0.39, 0.29) is 19.2 Å². The lowest BCUT2D eigenvalue weighted by molar-refractivity contribution is -0.119. The number of benzene rings is 3. The number of hydrogen-bond donors (Lipinski definition) is 2. The molecule has 0 aliphatic carbocycles. The summed E-state index contributed by atoms with van der Waals surface area (Å²) >= 11 is 6.00. The number of nitrogens with zero attached hydrogens (tertiary/aromatic N) is 2. The molecule has 0 atom stereocenters. The van der Waals surface area contributed by atoms with Crippen LogP contribution < -0.4 is 20.2 Å². The van der Waals surface area contributed by atoms with Gasteiger partial charge in [-0.1, -0.05) is 41.9 Å². The van der Waals surface area contributed by atoms with Crippen molar-refractivity contribution in [3.8, 4) is 11.5 Å². The van der Waals surface area contributed by atoms with Gasteiger partial charge in [-0.3, -0.25) is 4.79 Å². The van der Waals surface area contributed by atoms with E-state index in [1.54, 1.807) is 18.3 Å². The summed E-state index contributed by atoms with van der Waals surface area (Å²) in [5.41, 5.74) is 6.49. The van der Waals surface area contributed by atoms with Crippen LogP contribution in [-0.4, -0.2) is 30.0 Å². The zero-order chi connectivity index (χ0) is 22.6. The molecule has 2 heterocycles. The van der Waals surface area contributed by atoms with Crippen LogP contribution in [0.4, 0.5) is 5.69 Å². The standard InChI is InChI=1S/C25H21ClN4O3/c26-19-7-5-17(6-8-19)14-30-15-18(21-3-1-2-4-22(21)30)12-28-29-25(31)13-27-20-9-10-23-24(11-20)33-16-32-23/h1-12,15,27H,13-14,16H2,(H,29,31)/b28-12-. The van der Waals surface area contributed by atoms with Crippen LogP contribution in [0.2, 0.25) is 5.02 Å². The lowest BCUT2D eigenvalue weighted by atomic mass is 10.2. The van der Waals surface area contributed by atoms with E-state index in [4.69, 9.17) is 21.1 Å². The van der Waals surface area contributed by atoms with Crippen molar-refractivity contribution in [2.24, 2.45) is 5.10 Å². The molecular weight excluding hydrogens is 440 g/mol. The van der Waals surface area contributed by atoms with Gasteiger partial charge in [-0.25, -0.2) is 5.43 Å². The number of rotatable bonds is 7. The summed E-state index contributed by atoms with van der Waals surface area (Å²) in [7, 11) is 0. The summed E-state index contributed by atoms with van der Waals surface area (Å²) < 4.78 is 12.8. The van der Waals surface area contributed by atoms with Crippen LogP contribution in [-0.2, 0) is 11.3 Å². The SMILES string of the molecule is O=C(CNc1ccc2c(c1)OCO2)N/N=C\c1cn(Cc2ccc(Cl)cc2)c2ccccc12. The average Bonchev–Trinajstić information content (AvgIpc) is 3.44. The smallest absolute Gasteiger partial charge is 0.259 e. The molecule has 4 aromatic rings. The summed E-state index contributed by atoms with van der Waals surface area (Å²) in [6, 6.07) is 21.3. The van der Waals surface area contributed by atoms with Gasteiger partial charge in [0.05, 0.1) is 12.8 Å². The van der Waals surface area contributed by atoms with Crippen LogP contribution in [0.5, 0.6) is 11.5 Å². The van der Waals surface area contributed by atoms with Crippen LogP contribution in [0.25, 0.3) is 10.9 Å². The van der Waals surface area contributed by atoms with Crippen LogP contribution in [0, 0.1) is 0 Å². The molecule has 1 amide bonds. The third-order valence-electron chi connectivity index (χ3n) is 5.30. The molecule has 33 heavy (non-hydrogen) atoms. The van der Waals surface area contributed by atoms with E-state index in [9.17, 15) is 4.79 Å². The predicted octanol–water partition coefficient (Wildman–Crippen LogP) is 4.63. The van der Waals surface area contributed by atoms with Gasteiger partial charge in [-0.2, -0.15) is 5.10 Å². The number of aromatic nitrogens is 1. The molecule has 166 valence electrons. The molecule has 1 aliphatic heterocycles. The summed E-state index contributed by atoms with van der Waals surface area (Å²) in [6.07, 6.45) is 3.69. The van der Waals surface area contributed by atoms with Gasteiger partial charge in [0.25, 0.3) is 5.91 Å². The predicted molar refractivity (Wildman–Crippen MR) is 129 cm³/mol. The third kappa shape index (κ3) is 4.78. The molecule has 1 aliphatic rings. The molecule has 0 radical (unpaired) electrons. The highest BCUT2D eigenvalue weighted by molar-refractivity contribution is 6.30. The highest BCUT2D eigenvalue weighted by atomic mass is 35.5. The van der Waals surface area contributed by atoms with Crippen molar-refractivity contribution in [1.82, 2.24) is 9.99 Å². The first-order valence-electron chi connectivity index (χ1n) is 10.4. The zero-order valence-corrected chi connectivity index (χ0v) is 18.4. The van der Waals surface area contributed by atoms with Crippen molar-refractivity contribution in [3.63, 3.8) is 0 Å². The number of ether oxygens (including phenoxy) is 2. The van der Waals surface area contributed by atoms with Gasteiger partial charge >= 0.3 is 0 Å². The Morgan fingerprint density at radius 3 is 2.76 bits per heavy atom. The van der Waals surface area contributed by atoms with Crippen molar-refractivity contribution in [3.05, 3.63) is 89.1 Å². The second kappa shape index (κ2) is 9.26. The Balaban J connectivity index is 1.23. The average molecular weight is 461 g/mol. The number of para-hydroxylation sites is 1. The van der Waals surface area contributed by atoms with E-state index in [2.05, 4.69) is 26.5 Å². The summed E-state index contributed by atoms with van der Waals surface area (Å²) in [5.74, 6) is 1.10. The molecule has 0 saturated heterocycles. The van der Waals surface area contributed by atoms with Crippen LogP contribution >= 0.6 is 11.6 Å². The number of hydrogen-bond acceptors (Lipinski definition) is 5. The van der Waals surface area contributed by atoms with Gasteiger partial charge < -0.3 is 19.4 Å². The number of anilines is 1. The van der Waals surface area contributed by atoms with Crippen molar-refractivity contribution in [2.45, 2.75) is 6.54 Å². The highest BCUT2D eigenvalue weighted by Crippen LogP contribution is 2.34. The van der Waals surface area contributed by atoms with Crippen molar-refractivity contribution < 1.29 is 14.3 Å². The van der Waals surface area contributed by atoms with Gasteiger partial charge in [0.2, 0.25) is 6.79 Å². The maximum atomic E-state index is 12.2. The first kappa shape index (κ1) is 20.9. The molecule has 0 saturated carbocycles. The molecule has 0 unspecified atom stereocenters. The Kier molecular flexibility index (Phi) is 5.87. The maximum absolute atomic E-state index is 12.2. The topological polar surface area (TPSA) is 76.9 Å². The van der Waals surface area contributed by atoms with Crippen LogP contribution in [0.15, 0.2) is 78.0 Å². The van der Waals surface area contributed by atoms with E-state index in [1.165, 1.54) is 0 Å². The molecule has 5 rings (SSSR count). The fraction of sp³-hybridized carbons (Fsp3) is 0.120. The van der Waals surface area contributed by atoms with E-state index in [0.29, 0.717) is 23.1 Å². The largest absolute Gasteiger partial charge is 0.454 e. The van der Waals surface area contributed by atoms with Gasteiger partial charge in [-0.15, -0.1) is 0 Å². The van der Waals surface area contributed by atoms with E-state index < -0.39 is 0 Å². The fourth-order valence-corrected chi connectivity index (χ4v) is 3.82. The van der Waals surface area contributed by atoms with Gasteiger partial charge in [-0.05, 0) is 35.9 Å². The summed E-state index contributed by atoms with van der Waals surface area (Å²) in [5, 5.41) is 8.98. The fourth-order valence-electron chi connectivity index (χ4n) is 3.70. The molecule has 2 N–H and O–H groups in total. The molecule has 3 aromatic carbocycles. The molecule has 7 nitrogen and oxygen atoms in total. The van der Waals surface area contributed by atoms with Crippen LogP contribution in [0.3, 0.4) is 0 Å². The molecule has 0 spiro atoms. The second-order valence-corrected chi connectivity index (χ2v) is 8.01. The van der Waals surface area contributed by atoms with E-state index >= 15 is 0 Å². The molecule has 8 heteroatoms. The Bertz CT molecular complexity index is 1330. The summed E-state index contributed by atoms with van der Waals surface area (Å²) in [6.45, 7) is 0.997. The molecule has 0 bridgehead atoms. The van der Waals surface area contributed by atoms with Crippen LogP contribution in [0.1, 0.15) is 11.1 Å². The van der Waals surface area contributed by atoms with Gasteiger partial charge in [0.15, 0.2) is 11.5 Å². The van der Waals surface area contributed by atoms with Crippen molar-refractivity contribution in [2.75, 3.05) is 18.7 Å². The lowest BCUT2D eigenvalue weighted by Gasteiger charge is -2.06. The Labute approximate surface area is 195 Å². The summed E-state index contributed by atoms with van der Waals surface area (Å²) in [4.78, 5) is 12.2. The Morgan fingerprint density at radius 1 is 1.06 bits per heavy atom. The lowest BCUT2D eigenvalue weighted by Crippen LogP contribution is -2.25. The van der Waals surface area contributed by atoms with Gasteiger partial charge in [0.1, 0.15) is 0 Å². The molecular formula is C25H21ClN4O3. The number of hydrazone groups is 1. The monoisotopic (exact) mass is 460 g/mol. The minimum absolute atomic E-state index is 0.0787. The number of carbonyl (C=O) groups is 1. The van der Waals surface area contributed by atoms with E-state index in [1.807, 2.05) is 54.7 Å². The molecule has 1 aromatic heterocycles. The third-order valence-corrected chi connectivity index (χ3v) is 5.56. The minimum Gasteiger partial charge on any atom is -0.454 e. The number of nitrogens with one attached hydrogen (secondary N) is 2. The number of carbonyl (C=O) groups excluding carboxylic acids is 1. The number of fused-ring (bicyclic) bond motifs is 2. The normalized spacial score (nSPS) is 12.4. The number of halogens is 1. The van der Waals surface area contributed by atoms with E-state index in [0.717, 1.165) is 27.7 Å². The number of amides is 1. The minimum atomic E-state index is -0.256. The maximum Gasteiger partial charge on any atom is 0.259 e. The first-order chi connectivity index (χ1) is 16.2. The van der Waals surface area contributed by atoms with Crippen molar-refractivity contribution >= 4 is 40.3 Å². The van der Waals surface area contributed by atoms with Gasteiger partial charge in [0, 0.05) is 46.0 Å². The Morgan fingerprint density at radius 2 is 1.88 bits per heavy atom. The highest BCUT2D eigenvalue weighted by Gasteiger charge is 2.13.